The SMILES string of the molecule is CCC1CCCN(c2nc(Cl)nc(-n3cccn3)n2)C1. The number of rotatable bonds is 3. The Hall–Kier alpha value is -1.69. The number of hydrogen-bond donors (Lipinski definition) is 0. The van der Waals surface area contributed by atoms with Crippen LogP contribution in [-0.4, -0.2) is 37.8 Å². The van der Waals surface area contributed by atoms with Crippen LogP contribution < -0.4 is 4.90 Å². The van der Waals surface area contributed by atoms with Gasteiger partial charge in [0.1, 0.15) is 0 Å². The van der Waals surface area contributed by atoms with Gasteiger partial charge in [0.2, 0.25) is 11.2 Å². The van der Waals surface area contributed by atoms with E-state index in [1.54, 1.807) is 17.1 Å². The second kappa shape index (κ2) is 5.75. The third-order valence-electron chi connectivity index (χ3n) is 3.67. The molecule has 0 saturated carbocycles. The van der Waals surface area contributed by atoms with Crippen molar-refractivity contribution >= 4 is 17.5 Å². The summed E-state index contributed by atoms with van der Waals surface area (Å²) in [5, 5.41) is 4.34. The molecule has 0 N–H and O–H groups in total. The molecule has 1 fully saturated rings. The summed E-state index contributed by atoms with van der Waals surface area (Å²) in [6.07, 6.45) is 7.10. The lowest BCUT2D eigenvalue weighted by Gasteiger charge is -2.32. The van der Waals surface area contributed by atoms with Crippen molar-refractivity contribution in [1.82, 2.24) is 24.7 Å². The van der Waals surface area contributed by atoms with Crippen molar-refractivity contribution in [2.45, 2.75) is 26.2 Å². The first-order chi connectivity index (χ1) is 9.76. The van der Waals surface area contributed by atoms with Crippen LogP contribution in [0.25, 0.3) is 5.95 Å². The summed E-state index contributed by atoms with van der Waals surface area (Å²) < 4.78 is 1.60. The fourth-order valence-corrected chi connectivity index (χ4v) is 2.69. The van der Waals surface area contributed by atoms with Crippen LogP contribution in [0, 0.1) is 5.92 Å². The molecule has 0 spiro atoms. The van der Waals surface area contributed by atoms with Gasteiger partial charge in [-0.2, -0.15) is 20.1 Å². The summed E-state index contributed by atoms with van der Waals surface area (Å²) in [5.41, 5.74) is 0. The van der Waals surface area contributed by atoms with E-state index in [0.29, 0.717) is 17.8 Å². The van der Waals surface area contributed by atoms with Crippen molar-refractivity contribution in [1.29, 1.82) is 0 Å². The molecule has 1 saturated heterocycles. The van der Waals surface area contributed by atoms with Crippen LogP contribution in [0.3, 0.4) is 0 Å². The van der Waals surface area contributed by atoms with Crippen molar-refractivity contribution in [2.24, 2.45) is 5.92 Å². The molecule has 2 aromatic rings. The highest BCUT2D eigenvalue weighted by Gasteiger charge is 2.21. The van der Waals surface area contributed by atoms with Crippen molar-refractivity contribution in [3.05, 3.63) is 23.7 Å². The van der Waals surface area contributed by atoms with Gasteiger partial charge < -0.3 is 4.90 Å². The minimum absolute atomic E-state index is 0.208. The highest BCUT2D eigenvalue weighted by atomic mass is 35.5. The summed E-state index contributed by atoms with van der Waals surface area (Å²) in [5.74, 6) is 1.81. The van der Waals surface area contributed by atoms with Gasteiger partial charge in [0.05, 0.1) is 0 Å². The average Bonchev–Trinajstić information content (AvgIpc) is 3.01. The van der Waals surface area contributed by atoms with Gasteiger partial charge >= 0.3 is 0 Å². The molecule has 0 amide bonds. The van der Waals surface area contributed by atoms with Crippen LogP contribution in [0.4, 0.5) is 5.95 Å². The van der Waals surface area contributed by atoms with Gasteiger partial charge in [-0.3, -0.25) is 0 Å². The molecule has 2 aromatic heterocycles. The molecule has 0 radical (unpaired) electrons. The number of nitrogens with zero attached hydrogens (tertiary/aromatic N) is 6. The predicted octanol–water partition coefficient (Wildman–Crippen LogP) is 2.34. The molecule has 106 valence electrons. The van der Waals surface area contributed by atoms with Gasteiger partial charge in [0.25, 0.3) is 5.95 Å². The summed E-state index contributed by atoms with van der Waals surface area (Å²) in [6, 6.07) is 1.82. The third-order valence-corrected chi connectivity index (χ3v) is 3.84. The van der Waals surface area contributed by atoms with Crippen LogP contribution in [0.1, 0.15) is 26.2 Å². The Balaban J connectivity index is 1.89. The Labute approximate surface area is 122 Å². The van der Waals surface area contributed by atoms with Gasteiger partial charge in [0, 0.05) is 25.5 Å². The molecule has 3 rings (SSSR count). The van der Waals surface area contributed by atoms with Gasteiger partial charge in [-0.1, -0.05) is 13.3 Å². The lowest BCUT2D eigenvalue weighted by molar-refractivity contribution is 0.400. The number of halogens is 1. The monoisotopic (exact) mass is 292 g/mol. The third kappa shape index (κ3) is 2.75. The molecule has 1 unspecified atom stereocenters. The minimum atomic E-state index is 0.208. The number of hydrogen-bond acceptors (Lipinski definition) is 5. The van der Waals surface area contributed by atoms with Crippen LogP contribution in [0.5, 0.6) is 0 Å². The fraction of sp³-hybridized carbons (Fsp3) is 0.538. The highest BCUT2D eigenvalue weighted by Crippen LogP contribution is 2.23. The molecule has 6 nitrogen and oxygen atoms in total. The first-order valence-corrected chi connectivity index (χ1v) is 7.30. The summed E-state index contributed by atoms with van der Waals surface area (Å²) in [4.78, 5) is 15.1. The molecule has 1 aliphatic heterocycles. The topological polar surface area (TPSA) is 59.7 Å². The molecule has 1 aliphatic rings. The summed E-state index contributed by atoms with van der Waals surface area (Å²) in [6.45, 7) is 4.18. The lowest BCUT2D eigenvalue weighted by Crippen LogP contribution is -2.36. The number of anilines is 1. The van der Waals surface area contributed by atoms with Gasteiger partial charge in [-0.05, 0) is 36.4 Å². The first kappa shape index (κ1) is 13.3. The maximum absolute atomic E-state index is 6.03. The highest BCUT2D eigenvalue weighted by molar-refractivity contribution is 6.28. The molecule has 0 aromatic carbocycles. The molecule has 7 heteroatoms. The summed E-state index contributed by atoms with van der Waals surface area (Å²) in [7, 11) is 0. The van der Waals surface area contributed by atoms with E-state index >= 15 is 0 Å². The number of piperidine rings is 1. The second-order valence-corrected chi connectivity index (χ2v) is 5.36. The van der Waals surface area contributed by atoms with Crippen molar-refractivity contribution in [3.8, 4) is 5.95 Å². The zero-order valence-electron chi connectivity index (χ0n) is 11.4. The lowest BCUT2D eigenvalue weighted by atomic mass is 9.96. The molecular formula is C13H17ClN6. The van der Waals surface area contributed by atoms with E-state index in [4.69, 9.17) is 11.6 Å². The first-order valence-electron chi connectivity index (χ1n) is 6.93. The standard InChI is InChI=1S/C13H17ClN6/c1-2-10-5-3-7-19(9-10)12-16-11(14)17-13(18-12)20-8-4-6-15-20/h4,6,8,10H,2-3,5,7,9H2,1H3. The smallest absolute Gasteiger partial charge is 0.256 e. The van der Waals surface area contributed by atoms with Crippen molar-refractivity contribution < 1.29 is 0 Å². The Morgan fingerprint density at radius 3 is 2.90 bits per heavy atom. The van der Waals surface area contributed by atoms with Crippen LogP contribution in [-0.2, 0) is 0 Å². The van der Waals surface area contributed by atoms with E-state index in [-0.39, 0.29) is 5.28 Å². The quantitative estimate of drug-likeness (QED) is 0.869. The van der Waals surface area contributed by atoms with Gasteiger partial charge in [-0.25, -0.2) is 4.68 Å². The Kier molecular flexibility index (Phi) is 3.82. The maximum Gasteiger partial charge on any atom is 0.256 e. The van der Waals surface area contributed by atoms with E-state index in [2.05, 4.69) is 31.9 Å². The normalized spacial score (nSPS) is 19.3. The van der Waals surface area contributed by atoms with Gasteiger partial charge in [0.15, 0.2) is 0 Å². The maximum atomic E-state index is 6.03. The van der Waals surface area contributed by atoms with E-state index in [1.165, 1.54) is 19.3 Å². The van der Waals surface area contributed by atoms with E-state index in [0.717, 1.165) is 13.1 Å². The zero-order valence-corrected chi connectivity index (χ0v) is 12.2. The van der Waals surface area contributed by atoms with Crippen LogP contribution >= 0.6 is 11.6 Å². The van der Waals surface area contributed by atoms with E-state index in [1.807, 2.05) is 6.07 Å². The summed E-state index contributed by atoms with van der Waals surface area (Å²) >= 11 is 6.03. The number of aromatic nitrogens is 5. The zero-order chi connectivity index (χ0) is 13.9. The van der Waals surface area contributed by atoms with Crippen LogP contribution in [0.15, 0.2) is 18.5 Å². The molecular weight excluding hydrogens is 276 g/mol. The largest absolute Gasteiger partial charge is 0.340 e. The molecule has 20 heavy (non-hydrogen) atoms. The molecule has 0 bridgehead atoms. The Morgan fingerprint density at radius 1 is 1.30 bits per heavy atom. The van der Waals surface area contributed by atoms with E-state index in [9.17, 15) is 0 Å². The minimum Gasteiger partial charge on any atom is -0.340 e. The van der Waals surface area contributed by atoms with Gasteiger partial charge in [-0.15, -0.1) is 0 Å². The van der Waals surface area contributed by atoms with Crippen LogP contribution in [0.2, 0.25) is 5.28 Å². The Bertz CT molecular complexity index is 570. The predicted molar refractivity (Wildman–Crippen MR) is 77.2 cm³/mol. The average molecular weight is 293 g/mol. The Morgan fingerprint density at radius 2 is 2.15 bits per heavy atom. The molecule has 3 heterocycles. The second-order valence-electron chi connectivity index (χ2n) is 5.02. The van der Waals surface area contributed by atoms with E-state index < -0.39 is 0 Å². The fourth-order valence-electron chi connectivity index (χ4n) is 2.54. The van der Waals surface area contributed by atoms with Crippen molar-refractivity contribution in [3.63, 3.8) is 0 Å². The molecule has 0 aliphatic carbocycles. The van der Waals surface area contributed by atoms with Crippen molar-refractivity contribution in [2.75, 3.05) is 18.0 Å². The molecule has 1 atom stereocenters.